The van der Waals surface area contributed by atoms with E-state index in [1.54, 1.807) is 0 Å². The van der Waals surface area contributed by atoms with Gasteiger partial charge in [-0.15, -0.1) is 0 Å². The lowest BCUT2D eigenvalue weighted by molar-refractivity contribution is -0.129. The maximum absolute atomic E-state index is 11.9. The lowest BCUT2D eigenvalue weighted by Crippen LogP contribution is -2.44. The van der Waals surface area contributed by atoms with E-state index in [1.165, 1.54) is 4.90 Å². The van der Waals surface area contributed by atoms with E-state index in [-0.39, 0.29) is 19.1 Å². The Hall–Kier alpha value is -1.14. The minimum atomic E-state index is -0.524. The molecule has 1 N–H and O–H groups in total. The number of aliphatic hydroxyl groups excluding tert-OH is 1. The fourth-order valence-electron chi connectivity index (χ4n) is 2.61. The second kappa shape index (κ2) is 6.15. The summed E-state index contributed by atoms with van der Waals surface area (Å²) >= 11 is 0. The van der Waals surface area contributed by atoms with E-state index in [0.717, 1.165) is 32.4 Å². The normalized spacial score (nSPS) is 25.3. The number of hydrogen-bond donors (Lipinski definition) is 1. The van der Waals surface area contributed by atoms with E-state index in [1.807, 2.05) is 0 Å². The Kier molecular flexibility index (Phi) is 4.54. The highest BCUT2D eigenvalue weighted by atomic mass is 16.6. The van der Waals surface area contributed by atoms with Gasteiger partial charge in [0, 0.05) is 13.2 Å². The van der Waals surface area contributed by atoms with E-state index in [9.17, 15) is 9.59 Å². The number of carbonyl (C=O) groups excluding carboxylic acids is 2. The van der Waals surface area contributed by atoms with Crippen molar-refractivity contribution in [1.82, 2.24) is 9.80 Å². The third-order valence-electron chi connectivity index (χ3n) is 3.56. The number of ether oxygens (including phenoxy) is 1. The molecule has 102 valence electrons. The molecule has 1 atom stereocenters. The molecule has 18 heavy (non-hydrogen) atoms. The predicted molar refractivity (Wildman–Crippen MR) is 63.9 cm³/mol. The van der Waals surface area contributed by atoms with Crippen LogP contribution in [0.5, 0.6) is 0 Å². The monoisotopic (exact) mass is 256 g/mol. The fraction of sp³-hybridized carbons (Fsp3) is 0.833. The van der Waals surface area contributed by atoms with Crippen LogP contribution in [0.1, 0.15) is 19.3 Å². The van der Waals surface area contributed by atoms with Gasteiger partial charge in [-0.1, -0.05) is 0 Å². The maximum atomic E-state index is 11.9. The lowest BCUT2D eigenvalue weighted by Gasteiger charge is -2.32. The van der Waals surface area contributed by atoms with E-state index < -0.39 is 6.09 Å². The van der Waals surface area contributed by atoms with Crippen molar-refractivity contribution in [2.45, 2.75) is 19.3 Å². The highest BCUT2D eigenvalue weighted by molar-refractivity contribution is 5.94. The third-order valence-corrected chi connectivity index (χ3v) is 3.56. The summed E-state index contributed by atoms with van der Waals surface area (Å²) in [6.45, 7) is 2.86. The number of carbonyl (C=O) groups is 2. The number of amides is 2. The number of cyclic esters (lactones) is 1. The van der Waals surface area contributed by atoms with Crippen LogP contribution >= 0.6 is 0 Å². The average molecular weight is 256 g/mol. The topological polar surface area (TPSA) is 70.1 Å². The molecule has 0 radical (unpaired) electrons. The summed E-state index contributed by atoms with van der Waals surface area (Å²) in [7, 11) is 0. The van der Waals surface area contributed by atoms with Crippen LogP contribution in [-0.4, -0.2) is 66.3 Å². The number of hydrogen-bond acceptors (Lipinski definition) is 5. The van der Waals surface area contributed by atoms with Gasteiger partial charge in [-0.05, 0) is 31.7 Å². The third kappa shape index (κ3) is 3.20. The number of aliphatic hydroxyl groups is 1. The smallest absolute Gasteiger partial charge is 0.416 e. The molecule has 1 unspecified atom stereocenters. The number of nitrogens with zero attached hydrogens (tertiary/aromatic N) is 2. The van der Waals surface area contributed by atoms with E-state index in [4.69, 9.17) is 9.84 Å². The van der Waals surface area contributed by atoms with E-state index >= 15 is 0 Å². The second-order valence-corrected chi connectivity index (χ2v) is 4.92. The largest absolute Gasteiger partial charge is 0.447 e. The minimum Gasteiger partial charge on any atom is -0.447 e. The van der Waals surface area contributed by atoms with Crippen LogP contribution in [0.2, 0.25) is 0 Å². The molecule has 2 heterocycles. The Labute approximate surface area is 106 Å². The molecule has 6 nitrogen and oxygen atoms in total. The molecular formula is C12H20N2O4. The van der Waals surface area contributed by atoms with Crippen LogP contribution in [0.15, 0.2) is 0 Å². The van der Waals surface area contributed by atoms with Gasteiger partial charge in [0.15, 0.2) is 0 Å². The molecule has 0 aliphatic carbocycles. The van der Waals surface area contributed by atoms with Gasteiger partial charge in [0.25, 0.3) is 0 Å². The highest BCUT2D eigenvalue weighted by Gasteiger charge is 2.30. The van der Waals surface area contributed by atoms with Crippen molar-refractivity contribution < 1.29 is 19.4 Å². The first-order valence-corrected chi connectivity index (χ1v) is 6.51. The molecule has 0 bridgehead atoms. The van der Waals surface area contributed by atoms with E-state index in [2.05, 4.69) is 4.90 Å². The van der Waals surface area contributed by atoms with Crippen molar-refractivity contribution in [3.63, 3.8) is 0 Å². The summed E-state index contributed by atoms with van der Waals surface area (Å²) in [6.07, 6.45) is 2.42. The van der Waals surface area contributed by atoms with Crippen LogP contribution < -0.4 is 0 Å². The van der Waals surface area contributed by atoms with Crippen LogP contribution in [0, 0.1) is 5.92 Å². The SMILES string of the molecule is O=C(CN1CCCC(CCO)C1)N1CCOC1=O. The summed E-state index contributed by atoms with van der Waals surface area (Å²) in [5.74, 6) is 0.282. The average Bonchev–Trinajstić information content (AvgIpc) is 2.76. The molecule has 0 saturated carbocycles. The van der Waals surface area contributed by atoms with Gasteiger partial charge < -0.3 is 9.84 Å². The molecular weight excluding hydrogens is 236 g/mol. The molecule has 2 saturated heterocycles. The van der Waals surface area contributed by atoms with Crippen molar-refractivity contribution in [1.29, 1.82) is 0 Å². The van der Waals surface area contributed by atoms with Crippen molar-refractivity contribution in [2.75, 3.05) is 39.4 Å². The standard InChI is InChI=1S/C12H20N2O4/c15-6-3-10-2-1-4-13(8-10)9-11(16)14-5-7-18-12(14)17/h10,15H,1-9H2. The van der Waals surface area contributed by atoms with Gasteiger partial charge in [0.2, 0.25) is 5.91 Å². The maximum Gasteiger partial charge on any atom is 0.416 e. The zero-order valence-electron chi connectivity index (χ0n) is 10.5. The molecule has 6 heteroatoms. The summed E-state index contributed by atoms with van der Waals surface area (Å²) in [5.41, 5.74) is 0. The summed E-state index contributed by atoms with van der Waals surface area (Å²) in [5, 5.41) is 8.94. The van der Waals surface area contributed by atoms with Crippen LogP contribution in [-0.2, 0) is 9.53 Å². The summed E-state index contributed by atoms with van der Waals surface area (Å²) in [6, 6.07) is 0. The van der Waals surface area contributed by atoms with Crippen molar-refractivity contribution in [3.05, 3.63) is 0 Å². The number of likely N-dealkylation sites (tertiary alicyclic amines) is 1. The summed E-state index contributed by atoms with van der Waals surface area (Å²) in [4.78, 5) is 26.4. The second-order valence-electron chi connectivity index (χ2n) is 4.92. The van der Waals surface area contributed by atoms with Gasteiger partial charge in [0.1, 0.15) is 6.61 Å². The van der Waals surface area contributed by atoms with Crippen molar-refractivity contribution in [2.24, 2.45) is 5.92 Å². The van der Waals surface area contributed by atoms with Crippen LogP contribution in [0.4, 0.5) is 4.79 Å². The number of imide groups is 1. The van der Waals surface area contributed by atoms with E-state index in [0.29, 0.717) is 19.1 Å². The van der Waals surface area contributed by atoms with Gasteiger partial charge >= 0.3 is 6.09 Å². The van der Waals surface area contributed by atoms with Crippen LogP contribution in [0.25, 0.3) is 0 Å². The van der Waals surface area contributed by atoms with Crippen molar-refractivity contribution >= 4 is 12.0 Å². The lowest BCUT2D eigenvalue weighted by atomic mass is 9.95. The van der Waals surface area contributed by atoms with Gasteiger partial charge in [-0.2, -0.15) is 0 Å². The molecule has 0 aromatic carbocycles. The minimum absolute atomic E-state index is 0.179. The van der Waals surface area contributed by atoms with Crippen molar-refractivity contribution in [3.8, 4) is 0 Å². The molecule has 2 fully saturated rings. The Morgan fingerprint density at radius 2 is 2.28 bits per heavy atom. The fourth-order valence-corrected chi connectivity index (χ4v) is 2.61. The molecule has 2 rings (SSSR count). The zero-order valence-corrected chi connectivity index (χ0v) is 10.5. The Morgan fingerprint density at radius 3 is 2.94 bits per heavy atom. The Morgan fingerprint density at radius 1 is 1.44 bits per heavy atom. The number of rotatable bonds is 4. The zero-order chi connectivity index (χ0) is 13.0. The first-order valence-electron chi connectivity index (χ1n) is 6.51. The van der Waals surface area contributed by atoms with Gasteiger partial charge in [-0.3, -0.25) is 9.69 Å². The quantitative estimate of drug-likeness (QED) is 0.770. The van der Waals surface area contributed by atoms with Crippen LogP contribution in [0.3, 0.4) is 0 Å². The highest BCUT2D eigenvalue weighted by Crippen LogP contribution is 2.19. The molecule has 0 aromatic rings. The summed E-state index contributed by atoms with van der Waals surface area (Å²) < 4.78 is 4.75. The first-order chi connectivity index (χ1) is 8.70. The number of piperidine rings is 1. The van der Waals surface area contributed by atoms with Gasteiger partial charge in [-0.25, -0.2) is 9.69 Å². The molecule has 2 aliphatic rings. The molecule has 2 amide bonds. The molecule has 2 aliphatic heterocycles. The predicted octanol–water partition coefficient (Wildman–Crippen LogP) is 0.0596. The first kappa shape index (κ1) is 13.3. The Bertz CT molecular complexity index is 319. The Balaban J connectivity index is 1.81. The molecule has 0 aromatic heterocycles. The molecule has 0 spiro atoms. The van der Waals surface area contributed by atoms with Gasteiger partial charge in [0.05, 0.1) is 13.1 Å².